The Balaban J connectivity index is 1.74. The molecule has 0 fully saturated rings. The number of aryl methyl sites for hydroxylation is 1. The predicted molar refractivity (Wildman–Crippen MR) is 118 cm³/mol. The first-order chi connectivity index (χ1) is 14.9. The second-order valence-corrected chi connectivity index (χ2v) is 8.25. The van der Waals surface area contributed by atoms with Gasteiger partial charge in [-0.3, -0.25) is 14.9 Å². The van der Waals surface area contributed by atoms with Gasteiger partial charge in [-0.2, -0.15) is 5.10 Å². The third kappa shape index (κ3) is 3.21. The molecule has 1 unspecified atom stereocenters. The summed E-state index contributed by atoms with van der Waals surface area (Å²) in [4.78, 5) is 23.9. The van der Waals surface area contributed by atoms with Gasteiger partial charge in [0.1, 0.15) is 11.9 Å². The highest BCUT2D eigenvalue weighted by atomic mass is 35.5. The number of anilines is 1. The van der Waals surface area contributed by atoms with Crippen LogP contribution in [-0.4, -0.2) is 20.5 Å². The van der Waals surface area contributed by atoms with Crippen LogP contribution in [0, 0.1) is 17.0 Å². The smallest absolute Gasteiger partial charge is 0.269 e. The Morgan fingerprint density at radius 1 is 1.19 bits per heavy atom. The summed E-state index contributed by atoms with van der Waals surface area (Å²) >= 11 is 6.07. The van der Waals surface area contributed by atoms with Crippen LogP contribution in [-0.2, 0) is 4.79 Å². The Kier molecular flexibility index (Phi) is 4.63. The molecule has 1 aromatic heterocycles. The lowest BCUT2D eigenvalue weighted by atomic mass is 9.85. The van der Waals surface area contributed by atoms with E-state index in [2.05, 4.69) is 5.32 Å². The van der Waals surface area contributed by atoms with Crippen LogP contribution in [0.1, 0.15) is 36.6 Å². The van der Waals surface area contributed by atoms with Gasteiger partial charge in [0.05, 0.1) is 10.6 Å². The van der Waals surface area contributed by atoms with Crippen LogP contribution in [0.25, 0.3) is 11.1 Å². The topological polar surface area (TPSA) is 90.1 Å². The average molecular weight is 435 g/mol. The van der Waals surface area contributed by atoms with Crippen LogP contribution < -0.4 is 5.32 Å². The third-order valence-electron chi connectivity index (χ3n) is 5.86. The average Bonchev–Trinajstić information content (AvgIpc) is 3.08. The van der Waals surface area contributed by atoms with Gasteiger partial charge in [0, 0.05) is 40.4 Å². The second kappa shape index (κ2) is 7.35. The van der Waals surface area contributed by atoms with Crippen LogP contribution in [0.5, 0.6) is 0 Å². The number of Topliss-reactive ketones (excluding diaryl/α,β-unsaturated/α-hetero) is 1. The molecule has 1 atom stereocenters. The lowest BCUT2D eigenvalue weighted by molar-refractivity contribution is -0.384. The van der Waals surface area contributed by atoms with Crippen molar-refractivity contribution >= 4 is 28.9 Å². The van der Waals surface area contributed by atoms with Crippen molar-refractivity contribution in [3.63, 3.8) is 0 Å². The highest BCUT2D eigenvalue weighted by Crippen LogP contribution is 2.45. The SMILES string of the molecule is Cc1nn2c(c1-c1ccc(Cl)cc1)NC1=C(C(=O)CCC1)C2c1cccc([N+](=O)[O-])c1. The molecule has 0 saturated carbocycles. The Morgan fingerprint density at radius 3 is 2.71 bits per heavy atom. The van der Waals surface area contributed by atoms with Gasteiger partial charge in [0.15, 0.2) is 5.78 Å². The highest BCUT2D eigenvalue weighted by Gasteiger charge is 2.38. The lowest BCUT2D eigenvalue weighted by Gasteiger charge is -2.33. The first-order valence-corrected chi connectivity index (χ1v) is 10.4. The maximum Gasteiger partial charge on any atom is 0.269 e. The first-order valence-electron chi connectivity index (χ1n) is 10.1. The van der Waals surface area contributed by atoms with E-state index in [0.29, 0.717) is 22.6 Å². The zero-order chi connectivity index (χ0) is 21.7. The normalized spacial score (nSPS) is 17.7. The van der Waals surface area contributed by atoms with Gasteiger partial charge in [0.25, 0.3) is 5.69 Å². The molecule has 0 saturated heterocycles. The highest BCUT2D eigenvalue weighted by molar-refractivity contribution is 6.30. The minimum Gasteiger partial charge on any atom is -0.343 e. The predicted octanol–water partition coefficient (Wildman–Crippen LogP) is 5.44. The molecule has 3 aromatic rings. The van der Waals surface area contributed by atoms with Crippen molar-refractivity contribution < 1.29 is 9.72 Å². The summed E-state index contributed by atoms with van der Waals surface area (Å²) in [6.45, 7) is 1.92. The van der Waals surface area contributed by atoms with Crippen LogP contribution in [0.15, 0.2) is 59.8 Å². The maximum absolute atomic E-state index is 13.0. The number of carbonyl (C=O) groups is 1. The Hall–Kier alpha value is -3.45. The Morgan fingerprint density at radius 2 is 1.97 bits per heavy atom. The molecule has 5 rings (SSSR count). The number of nitro groups is 1. The van der Waals surface area contributed by atoms with Crippen molar-refractivity contribution in [2.45, 2.75) is 32.2 Å². The van der Waals surface area contributed by atoms with E-state index in [-0.39, 0.29) is 11.5 Å². The zero-order valence-corrected chi connectivity index (χ0v) is 17.5. The van der Waals surface area contributed by atoms with Crippen molar-refractivity contribution in [3.05, 3.63) is 86.2 Å². The van der Waals surface area contributed by atoms with Gasteiger partial charge >= 0.3 is 0 Å². The number of nitro benzene ring substituents is 1. The molecule has 7 nitrogen and oxygen atoms in total. The standard InChI is InChI=1S/C23H19ClN4O3/c1-13-20(14-8-10-16(24)11-9-14)23-25-18-6-3-7-19(29)21(18)22(27(23)26-13)15-4-2-5-17(12-15)28(30)31/h2,4-5,8-12,22,25H,3,6-7H2,1H3. The molecule has 0 radical (unpaired) electrons. The molecule has 2 aliphatic rings. The molecule has 1 N–H and O–H groups in total. The summed E-state index contributed by atoms with van der Waals surface area (Å²) in [5.74, 6) is 0.835. The summed E-state index contributed by atoms with van der Waals surface area (Å²) in [5, 5.41) is 20.3. The van der Waals surface area contributed by atoms with Crippen molar-refractivity contribution in [2.24, 2.45) is 0 Å². The van der Waals surface area contributed by atoms with E-state index in [0.717, 1.165) is 41.2 Å². The number of aromatic nitrogens is 2. The fraction of sp³-hybridized carbons (Fsp3) is 0.217. The molecule has 2 heterocycles. The number of nitrogens with zero attached hydrogens (tertiary/aromatic N) is 3. The van der Waals surface area contributed by atoms with E-state index in [1.807, 2.05) is 37.3 Å². The molecule has 8 heteroatoms. The van der Waals surface area contributed by atoms with Gasteiger partial charge in [-0.25, -0.2) is 4.68 Å². The number of hydrogen-bond donors (Lipinski definition) is 1. The first kappa shape index (κ1) is 19.5. The molecular formula is C23H19ClN4O3. The van der Waals surface area contributed by atoms with Gasteiger partial charge in [0.2, 0.25) is 0 Å². The minimum atomic E-state index is -0.515. The number of allylic oxidation sites excluding steroid dienone is 2. The van der Waals surface area contributed by atoms with Crippen LogP contribution in [0.2, 0.25) is 5.02 Å². The van der Waals surface area contributed by atoms with Gasteiger partial charge in [-0.15, -0.1) is 0 Å². The quantitative estimate of drug-likeness (QED) is 0.437. The number of benzene rings is 2. The maximum atomic E-state index is 13.0. The van der Waals surface area contributed by atoms with Crippen LogP contribution >= 0.6 is 11.6 Å². The summed E-state index contributed by atoms with van der Waals surface area (Å²) in [7, 11) is 0. The molecule has 31 heavy (non-hydrogen) atoms. The number of hydrogen-bond acceptors (Lipinski definition) is 5. The molecular weight excluding hydrogens is 416 g/mol. The molecule has 1 aliphatic heterocycles. The Labute approximate surface area is 183 Å². The number of fused-ring (bicyclic) bond motifs is 1. The van der Waals surface area contributed by atoms with E-state index >= 15 is 0 Å². The monoisotopic (exact) mass is 434 g/mol. The second-order valence-electron chi connectivity index (χ2n) is 7.81. The van der Waals surface area contributed by atoms with Crippen molar-refractivity contribution in [2.75, 3.05) is 5.32 Å². The molecule has 0 amide bonds. The summed E-state index contributed by atoms with van der Waals surface area (Å²) in [6.07, 6.45) is 1.98. The van der Waals surface area contributed by atoms with Crippen molar-refractivity contribution in [1.82, 2.24) is 9.78 Å². The molecule has 0 spiro atoms. The van der Waals surface area contributed by atoms with E-state index in [1.165, 1.54) is 12.1 Å². The van der Waals surface area contributed by atoms with E-state index in [1.54, 1.807) is 10.7 Å². The number of carbonyl (C=O) groups excluding carboxylic acids is 1. The number of halogens is 1. The Bertz CT molecular complexity index is 1260. The number of ketones is 1. The molecule has 156 valence electrons. The molecule has 1 aliphatic carbocycles. The molecule has 2 aromatic carbocycles. The summed E-state index contributed by atoms with van der Waals surface area (Å²) < 4.78 is 1.79. The van der Waals surface area contributed by atoms with Gasteiger partial charge in [-0.05, 0) is 43.0 Å². The number of rotatable bonds is 3. The van der Waals surface area contributed by atoms with Crippen molar-refractivity contribution in [1.29, 1.82) is 0 Å². The largest absolute Gasteiger partial charge is 0.343 e. The van der Waals surface area contributed by atoms with E-state index < -0.39 is 11.0 Å². The fourth-order valence-electron chi connectivity index (χ4n) is 4.51. The van der Waals surface area contributed by atoms with E-state index in [9.17, 15) is 14.9 Å². The third-order valence-corrected chi connectivity index (χ3v) is 6.11. The number of nitrogens with one attached hydrogen (secondary N) is 1. The van der Waals surface area contributed by atoms with Crippen LogP contribution in [0.4, 0.5) is 11.5 Å². The zero-order valence-electron chi connectivity index (χ0n) is 16.8. The van der Waals surface area contributed by atoms with Crippen LogP contribution in [0.3, 0.4) is 0 Å². The van der Waals surface area contributed by atoms with Crippen molar-refractivity contribution in [3.8, 4) is 11.1 Å². The summed E-state index contributed by atoms with van der Waals surface area (Å²) in [5.41, 5.74) is 4.86. The minimum absolute atomic E-state index is 0.00945. The summed E-state index contributed by atoms with van der Waals surface area (Å²) in [6, 6.07) is 13.5. The lowest BCUT2D eigenvalue weighted by Crippen LogP contribution is -2.31. The van der Waals surface area contributed by atoms with Gasteiger partial charge < -0.3 is 5.32 Å². The number of non-ortho nitro benzene ring substituents is 1. The fourth-order valence-corrected chi connectivity index (χ4v) is 4.63. The van der Waals surface area contributed by atoms with Gasteiger partial charge in [-0.1, -0.05) is 35.9 Å². The van der Waals surface area contributed by atoms with E-state index in [4.69, 9.17) is 16.7 Å². The molecule has 0 bridgehead atoms.